The summed E-state index contributed by atoms with van der Waals surface area (Å²) in [6.45, 7) is 6.28. The van der Waals surface area contributed by atoms with Crippen LogP contribution < -0.4 is 0 Å². The molecule has 0 saturated carbocycles. The number of methoxy groups -OCH3 is 1. The summed E-state index contributed by atoms with van der Waals surface area (Å²) in [5.41, 5.74) is 0. The van der Waals surface area contributed by atoms with E-state index >= 15 is 0 Å². The summed E-state index contributed by atoms with van der Waals surface area (Å²) < 4.78 is 10.2. The van der Waals surface area contributed by atoms with E-state index in [1.165, 1.54) is 51.4 Å². The Morgan fingerprint density at radius 3 is 2.17 bits per heavy atom. The van der Waals surface area contributed by atoms with E-state index in [-0.39, 0.29) is 0 Å². The third-order valence-corrected chi connectivity index (χ3v) is 2.95. The van der Waals surface area contributed by atoms with Crippen LogP contribution in [-0.2, 0) is 9.47 Å². The molecule has 0 saturated heterocycles. The summed E-state index contributed by atoms with van der Waals surface area (Å²) in [6, 6.07) is 0. The molecule has 0 aliphatic carbocycles. The number of ether oxygens (including phenoxy) is 2. The first-order chi connectivity index (χ1) is 8.85. The highest BCUT2D eigenvalue weighted by Crippen LogP contribution is 2.11. The van der Waals surface area contributed by atoms with Crippen LogP contribution in [0.4, 0.5) is 0 Å². The predicted molar refractivity (Wildman–Crippen MR) is 78.5 cm³/mol. The molecule has 0 aliphatic rings. The van der Waals surface area contributed by atoms with E-state index in [2.05, 4.69) is 19.6 Å². The highest BCUT2D eigenvalue weighted by Gasteiger charge is 1.93. The summed E-state index contributed by atoms with van der Waals surface area (Å²) >= 11 is 0. The van der Waals surface area contributed by atoms with Gasteiger partial charge in [0.05, 0.1) is 0 Å². The molecule has 0 N–H and O–H groups in total. The normalized spacial score (nSPS) is 11.6. The Balaban J connectivity index is 3.36. The lowest BCUT2D eigenvalue weighted by Gasteiger charge is -2.05. The first-order valence-corrected chi connectivity index (χ1v) is 7.29. The van der Waals surface area contributed by atoms with Crippen LogP contribution in [0.15, 0.2) is 24.5 Å². The largest absolute Gasteiger partial charge is 0.468 e. The van der Waals surface area contributed by atoms with Crippen molar-refractivity contribution in [1.82, 2.24) is 0 Å². The lowest BCUT2D eigenvalue weighted by Crippen LogP contribution is -1.94. The summed E-state index contributed by atoms with van der Waals surface area (Å²) in [5, 5.41) is 0. The maximum Gasteiger partial charge on any atom is 0.188 e. The van der Waals surface area contributed by atoms with Crippen molar-refractivity contribution < 1.29 is 9.47 Å². The minimum absolute atomic E-state index is 0.301. The zero-order valence-corrected chi connectivity index (χ0v) is 12.2. The second kappa shape index (κ2) is 14.3. The SMILES string of the molecule is C=C/C(=C\CCCCCCCCCC)OCOC. The molecule has 18 heavy (non-hydrogen) atoms. The molecule has 2 heteroatoms. The van der Waals surface area contributed by atoms with Crippen molar-refractivity contribution >= 4 is 0 Å². The fourth-order valence-electron chi connectivity index (χ4n) is 1.85. The molecule has 0 aromatic rings. The summed E-state index contributed by atoms with van der Waals surface area (Å²) in [4.78, 5) is 0. The van der Waals surface area contributed by atoms with Crippen molar-refractivity contribution in [2.45, 2.75) is 64.7 Å². The highest BCUT2D eigenvalue weighted by molar-refractivity contribution is 5.07. The first-order valence-electron chi connectivity index (χ1n) is 7.29. The predicted octanol–water partition coefficient (Wildman–Crippen LogP) is 5.21. The fraction of sp³-hybridized carbons (Fsp3) is 0.750. The molecule has 0 amide bonds. The quantitative estimate of drug-likeness (QED) is 0.194. The lowest BCUT2D eigenvalue weighted by molar-refractivity contribution is 0.00977. The van der Waals surface area contributed by atoms with Crippen LogP contribution in [-0.4, -0.2) is 13.9 Å². The van der Waals surface area contributed by atoms with Gasteiger partial charge in [-0.2, -0.15) is 0 Å². The van der Waals surface area contributed by atoms with Gasteiger partial charge in [0, 0.05) is 7.11 Å². The molecular weight excluding hydrogens is 224 g/mol. The molecule has 0 spiro atoms. The number of hydrogen-bond donors (Lipinski definition) is 0. The van der Waals surface area contributed by atoms with Crippen LogP contribution in [0.2, 0.25) is 0 Å². The maximum absolute atomic E-state index is 5.33. The Morgan fingerprint density at radius 1 is 1.00 bits per heavy atom. The van der Waals surface area contributed by atoms with E-state index in [9.17, 15) is 0 Å². The number of rotatable bonds is 13. The van der Waals surface area contributed by atoms with Gasteiger partial charge in [0.1, 0.15) is 5.76 Å². The minimum atomic E-state index is 0.301. The smallest absolute Gasteiger partial charge is 0.188 e. The molecule has 0 heterocycles. The van der Waals surface area contributed by atoms with Gasteiger partial charge in [-0.15, -0.1) is 0 Å². The molecule has 0 aromatic heterocycles. The van der Waals surface area contributed by atoms with E-state index in [0.29, 0.717) is 6.79 Å². The zero-order chi connectivity index (χ0) is 13.5. The molecule has 106 valence electrons. The number of allylic oxidation sites excluding steroid dienone is 2. The first kappa shape index (κ1) is 17.2. The Bertz CT molecular complexity index is 209. The highest BCUT2D eigenvalue weighted by atomic mass is 16.7. The van der Waals surface area contributed by atoms with Crippen LogP contribution in [0.25, 0.3) is 0 Å². The van der Waals surface area contributed by atoms with Crippen molar-refractivity contribution in [3.05, 3.63) is 24.5 Å². The third-order valence-electron chi connectivity index (χ3n) is 2.95. The van der Waals surface area contributed by atoms with Gasteiger partial charge in [-0.05, 0) is 25.0 Å². The third kappa shape index (κ3) is 11.7. The van der Waals surface area contributed by atoms with E-state index in [4.69, 9.17) is 9.47 Å². The molecule has 0 radical (unpaired) electrons. The lowest BCUT2D eigenvalue weighted by atomic mass is 10.1. The van der Waals surface area contributed by atoms with Gasteiger partial charge in [-0.1, -0.05) is 58.4 Å². The van der Waals surface area contributed by atoms with E-state index < -0.39 is 0 Å². The van der Waals surface area contributed by atoms with Crippen molar-refractivity contribution in [2.24, 2.45) is 0 Å². The molecule has 0 unspecified atom stereocenters. The molecular formula is C16H30O2. The average Bonchev–Trinajstić information content (AvgIpc) is 2.40. The van der Waals surface area contributed by atoms with E-state index in [1.807, 2.05) is 0 Å². The van der Waals surface area contributed by atoms with Crippen LogP contribution in [0.5, 0.6) is 0 Å². The Morgan fingerprint density at radius 2 is 1.61 bits per heavy atom. The second-order valence-electron chi connectivity index (χ2n) is 4.63. The summed E-state index contributed by atoms with van der Waals surface area (Å²) in [7, 11) is 1.62. The summed E-state index contributed by atoms with van der Waals surface area (Å²) in [6.07, 6.45) is 15.7. The Kier molecular flexibility index (Phi) is 13.7. The van der Waals surface area contributed by atoms with Crippen molar-refractivity contribution in [2.75, 3.05) is 13.9 Å². The van der Waals surface area contributed by atoms with Gasteiger partial charge < -0.3 is 9.47 Å². The Hall–Kier alpha value is -0.760. The van der Waals surface area contributed by atoms with Gasteiger partial charge >= 0.3 is 0 Å². The number of unbranched alkanes of at least 4 members (excludes halogenated alkanes) is 8. The van der Waals surface area contributed by atoms with E-state index in [0.717, 1.165) is 12.2 Å². The molecule has 0 rings (SSSR count). The molecule has 0 fully saturated rings. The zero-order valence-electron chi connectivity index (χ0n) is 12.2. The molecule has 0 atom stereocenters. The topological polar surface area (TPSA) is 18.5 Å². The van der Waals surface area contributed by atoms with Gasteiger partial charge in [0.15, 0.2) is 6.79 Å². The van der Waals surface area contributed by atoms with Crippen LogP contribution in [0.1, 0.15) is 64.7 Å². The van der Waals surface area contributed by atoms with Gasteiger partial charge in [-0.25, -0.2) is 0 Å². The van der Waals surface area contributed by atoms with Crippen molar-refractivity contribution in [3.8, 4) is 0 Å². The fourth-order valence-corrected chi connectivity index (χ4v) is 1.85. The molecule has 2 nitrogen and oxygen atoms in total. The monoisotopic (exact) mass is 254 g/mol. The molecule has 0 aliphatic heterocycles. The summed E-state index contributed by atoms with van der Waals surface area (Å²) in [5.74, 6) is 0.833. The van der Waals surface area contributed by atoms with Gasteiger partial charge in [0.25, 0.3) is 0 Å². The van der Waals surface area contributed by atoms with Gasteiger partial charge in [-0.3, -0.25) is 0 Å². The van der Waals surface area contributed by atoms with Crippen molar-refractivity contribution in [1.29, 1.82) is 0 Å². The number of hydrogen-bond acceptors (Lipinski definition) is 2. The standard InChI is InChI=1S/C16H30O2/c1-4-6-7-8-9-10-11-12-13-14-16(5-2)18-15-17-3/h5,14H,2,4,6-13,15H2,1,3H3/b16-14+. The van der Waals surface area contributed by atoms with E-state index in [1.54, 1.807) is 13.2 Å². The van der Waals surface area contributed by atoms with Crippen LogP contribution in [0.3, 0.4) is 0 Å². The van der Waals surface area contributed by atoms with Crippen LogP contribution in [0, 0.1) is 0 Å². The molecule has 0 bridgehead atoms. The minimum Gasteiger partial charge on any atom is -0.468 e. The van der Waals surface area contributed by atoms with Crippen molar-refractivity contribution in [3.63, 3.8) is 0 Å². The Labute approximate surface area is 113 Å². The molecule has 0 aromatic carbocycles. The van der Waals surface area contributed by atoms with Gasteiger partial charge in [0.2, 0.25) is 0 Å². The maximum atomic E-state index is 5.33. The second-order valence-corrected chi connectivity index (χ2v) is 4.63. The average molecular weight is 254 g/mol. The van der Waals surface area contributed by atoms with Crippen LogP contribution >= 0.6 is 0 Å².